The summed E-state index contributed by atoms with van der Waals surface area (Å²) in [5.41, 5.74) is 5.79. The van der Waals surface area contributed by atoms with Crippen LogP contribution in [0.25, 0.3) is 27.9 Å². The molecule has 5 rings (SSSR count). The van der Waals surface area contributed by atoms with Gasteiger partial charge in [-0.25, -0.2) is 0 Å². The van der Waals surface area contributed by atoms with E-state index >= 15 is 0 Å². The van der Waals surface area contributed by atoms with Crippen molar-refractivity contribution in [3.8, 4) is 22.8 Å². The minimum absolute atomic E-state index is 0.753. The third-order valence-electron chi connectivity index (χ3n) is 6.14. The van der Waals surface area contributed by atoms with Gasteiger partial charge in [-0.15, -0.1) is 0 Å². The number of hydrogen-bond donors (Lipinski definition) is 0. The average Bonchev–Trinajstić information content (AvgIpc) is 3.31. The molecule has 4 heteroatoms. The lowest BCUT2D eigenvalue weighted by molar-refractivity contribution is 0.295. The molecule has 0 radical (unpaired) electrons. The van der Waals surface area contributed by atoms with Crippen LogP contribution in [-0.4, -0.2) is 32.2 Å². The van der Waals surface area contributed by atoms with Gasteiger partial charge in [0.2, 0.25) is 0 Å². The number of nitrogens with zero attached hydrogens (tertiary/aromatic N) is 1. The molecular formula is C28H27NO3. The largest absolute Gasteiger partial charge is 0.497 e. The molecule has 0 amide bonds. The molecule has 162 valence electrons. The second-order valence-electron chi connectivity index (χ2n) is 8.09. The van der Waals surface area contributed by atoms with E-state index in [1.54, 1.807) is 14.2 Å². The highest BCUT2D eigenvalue weighted by Gasteiger charge is 2.18. The molecule has 0 unspecified atom stereocenters. The highest BCUT2D eigenvalue weighted by Crippen LogP contribution is 2.37. The minimum atomic E-state index is 0.753. The summed E-state index contributed by atoms with van der Waals surface area (Å²) in [6.45, 7) is 2.85. The molecule has 0 atom stereocenters. The summed E-state index contributed by atoms with van der Waals surface area (Å²) in [5, 5.41) is 1.10. The van der Waals surface area contributed by atoms with Crippen LogP contribution in [-0.2, 0) is 6.54 Å². The van der Waals surface area contributed by atoms with Crippen molar-refractivity contribution in [2.45, 2.75) is 13.0 Å². The van der Waals surface area contributed by atoms with Gasteiger partial charge in [0.25, 0.3) is 0 Å². The van der Waals surface area contributed by atoms with Gasteiger partial charge < -0.3 is 13.9 Å². The average molecular weight is 426 g/mol. The predicted molar refractivity (Wildman–Crippen MR) is 129 cm³/mol. The number of rotatable bonds is 6. The summed E-state index contributed by atoms with van der Waals surface area (Å²) in [5.74, 6) is 2.38. The second kappa shape index (κ2) is 8.93. The normalized spacial score (nSPS) is 14.4. The Balaban J connectivity index is 1.43. The van der Waals surface area contributed by atoms with Gasteiger partial charge in [0, 0.05) is 30.6 Å². The zero-order chi connectivity index (χ0) is 21.9. The molecule has 32 heavy (non-hydrogen) atoms. The fraction of sp³-hybridized carbons (Fsp3) is 0.214. The molecular weight excluding hydrogens is 398 g/mol. The first-order valence-electron chi connectivity index (χ1n) is 11.0. The third kappa shape index (κ3) is 4.02. The van der Waals surface area contributed by atoms with Crippen LogP contribution in [0.15, 0.2) is 83.3 Å². The molecule has 0 fully saturated rings. The monoisotopic (exact) mass is 425 g/mol. The van der Waals surface area contributed by atoms with Gasteiger partial charge in [0.15, 0.2) is 11.3 Å². The van der Waals surface area contributed by atoms with Crippen molar-refractivity contribution >= 4 is 16.5 Å². The first kappa shape index (κ1) is 20.4. The van der Waals surface area contributed by atoms with Crippen LogP contribution in [0.2, 0.25) is 0 Å². The van der Waals surface area contributed by atoms with Crippen molar-refractivity contribution < 1.29 is 13.9 Å². The van der Waals surface area contributed by atoms with Crippen LogP contribution >= 0.6 is 0 Å². The van der Waals surface area contributed by atoms with E-state index < -0.39 is 0 Å². The SMILES string of the molecule is COc1cccc(-c2cc3c(CN4CC=C(c5ccccc5)CC4)ccc(OC)c3o2)c1. The number of furan rings is 1. The molecule has 2 heterocycles. The van der Waals surface area contributed by atoms with Crippen LogP contribution in [0.5, 0.6) is 11.5 Å². The molecule has 4 aromatic rings. The molecule has 0 aliphatic carbocycles. The minimum Gasteiger partial charge on any atom is -0.497 e. The number of benzene rings is 3. The summed E-state index contributed by atoms with van der Waals surface area (Å²) in [6, 6.07) is 24.9. The first-order chi connectivity index (χ1) is 15.7. The Morgan fingerprint density at radius 1 is 0.875 bits per heavy atom. The maximum Gasteiger partial charge on any atom is 0.176 e. The quantitative estimate of drug-likeness (QED) is 0.358. The smallest absolute Gasteiger partial charge is 0.176 e. The van der Waals surface area contributed by atoms with E-state index in [-0.39, 0.29) is 0 Å². The van der Waals surface area contributed by atoms with Crippen LogP contribution in [0, 0.1) is 0 Å². The number of methoxy groups -OCH3 is 2. The van der Waals surface area contributed by atoms with Gasteiger partial charge in [-0.3, -0.25) is 4.90 Å². The Morgan fingerprint density at radius 2 is 1.72 bits per heavy atom. The van der Waals surface area contributed by atoms with Crippen molar-refractivity contribution in [1.29, 1.82) is 0 Å². The Kier molecular flexibility index (Phi) is 5.70. The molecule has 0 saturated carbocycles. The molecule has 0 spiro atoms. The summed E-state index contributed by atoms with van der Waals surface area (Å²) >= 11 is 0. The van der Waals surface area contributed by atoms with Gasteiger partial charge in [0.1, 0.15) is 11.5 Å². The van der Waals surface area contributed by atoms with E-state index in [1.165, 1.54) is 16.7 Å². The van der Waals surface area contributed by atoms with Crippen molar-refractivity contribution in [2.24, 2.45) is 0 Å². The molecule has 0 saturated heterocycles. The lowest BCUT2D eigenvalue weighted by Gasteiger charge is -2.26. The van der Waals surface area contributed by atoms with Crippen LogP contribution in [0.1, 0.15) is 17.5 Å². The summed E-state index contributed by atoms with van der Waals surface area (Å²) in [6.07, 6.45) is 3.42. The Bertz CT molecular complexity index is 1260. The van der Waals surface area contributed by atoms with Gasteiger partial charge in [-0.05, 0) is 47.4 Å². The number of hydrogen-bond acceptors (Lipinski definition) is 4. The van der Waals surface area contributed by atoms with Crippen molar-refractivity contribution in [2.75, 3.05) is 27.3 Å². The Hall–Kier alpha value is -3.50. The third-order valence-corrected chi connectivity index (χ3v) is 6.14. The maximum atomic E-state index is 6.27. The fourth-order valence-electron chi connectivity index (χ4n) is 4.38. The van der Waals surface area contributed by atoms with E-state index in [4.69, 9.17) is 13.9 Å². The maximum absolute atomic E-state index is 6.27. The fourth-order valence-corrected chi connectivity index (χ4v) is 4.38. The van der Waals surface area contributed by atoms with E-state index in [1.807, 2.05) is 30.3 Å². The van der Waals surface area contributed by atoms with Crippen molar-refractivity contribution in [3.05, 3.63) is 90.0 Å². The van der Waals surface area contributed by atoms with E-state index in [2.05, 4.69) is 53.4 Å². The lowest BCUT2D eigenvalue weighted by atomic mass is 9.99. The highest BCUT2D eigenvalue weighted by molar-refractivity contribution is 5.90. The highest BCUT2D eigenvalue weighted by atomic mass is 16.5. The van der Waals surface area contributed by atoms with E-state index in [0.717, 1.165) is 59.8 Å². The molecule has 1 aliphatic rings. The van der Waals surface area contributed by atoms with Crippen molar-refractivity contribution in [1.82, 2.24) is 4.90 Å². The molecule has 4 nitrogen and oxygen atoms in total. The molecule has 3 aromatic carbocycles. The van der Waals surface area contributed by atoms with Gasteiger partial charge in [-0.2, -0.15) is 0 Å². The van der Waals surface area contributed by atoms with Crippen LogP contribution < -0.4 is 9.47 Å². The summed E-state index contributed by atoms with van der Waals surface area (Å²) in [4.78, 5) is 2.48. The molecule has 0 N–H and O–H groups in total. The molecule has 0 bridgehead atoms. The first-order valence-corrected chi connectivity index (χ1v) is 11.0. The second-order valence-corrected chi connectivity index (χ2v) is 8.09. The standard InChI is InChI=1S/C28H27NO3/c1-30-24-10-6-9-22(17-24)27-18-25-23(11-12-26(31-2)28(25)32-27)19-29-15-13-21(14-16-29)20-7-4-3-5-8-20/h3-13,17-18H,14-16,19H2,1-2H3. The summed E-state index contributed by atoms with van der Waals surface area (Å²) in [7, 11) is 3.36. The zero-order valence-electron chi connectivity index (χ0n) is 18.5. The van der Waals surface area contributed by atoms with E-state index in [0.29, 0.717) is 0 Å². The van der Waals surface area contributed by atoms with Gasteiger partial charge >= 0.3 is 0 Å². The van der Waals surface area contributed by atoms with Crippen molar-refractivity contribution in [3.63, 3.8) is 0 Å². The Morgan fingerprint density at radius 3 is 2.47 bits per heavy atom. The topological polar surface area (TPSA) is 34.8 Å². The predicted octanol–water partition coefficient (Wildman–Crippen LogP) is 6.41. The number of ether oxygens (including phenoxy) is 2. The zero-order valence-corrected chi connectivity index (χ0v) is 18.5. The van der Waals surface area contributed by atoms with Crippen LogP contribution in [0.4, 0.5) is 0 Å². The summed E-state index contributed by atoms with van der Waals surface area (Å²) < 4.78 is 17.2. The molecule has 1 aromatic heterocycles. The van der Waals surface area contributed by atoms with Gasteiger partial charge in [-0.1, -0.05) is 54.6 Å². The Labute approximate surface area is 188 Å². The number of fused-ring (bicyclic) bond motifs is 1. The van der Waals surface area contributed by atoms with E-state index in [9.17, 15) is 0 Å². The van der Waals surface area contributed by atoms with Crippen LogP contribution in [0.3, 0.4) is 0 Å². The molecule has 1 aliphatic heterocycles. The lowest BCUT2D eigenvalue weighted by Crippen LogP contribution is -2.28. The van der Waals surface area contributed by atoms with Gasteiger partial charge in [0.05, 0.1) is 14.2 Å².